The van der Waals surface area contributed by atoms with Gasteiger partial charge in [-0.15, -0.1) is 0 Å². The van der Waals surface area contributed by atoms with Gasteiger partial charge in [0.05, 0.1) is 11.6 Å². The third-order valence-electron chi connectivity index (χ3n) is 3.33. The van der Waals surface area contributed by atoms with Crippen molar-refractivity contribution in [1.29, 1.82) is 5.26 Å². The molecule has 2 aromatic rings. The number of nitriles is 1. The first-order chi connectivity index (χ1) is 10.6. The van der Waals surface area contributed by atoms with E-state index in [0.717, 1.165) is 11.3 Å². The van der Waals surface area contributed by atoms with E-state index in [4.69, 9.17) is 5.26 Å². The van der Waals surface area contributed by atoms with Crippen LogP contribution in [0.4, 0.5) is 0 Å². The van der Waals surface area contributed by atoms with Crippen LogP contribution in [0.1, 0.15) is 27.0 Å². The second-order valence-corrected chi connectivity index (χ2v) is 5.97. The number of thioether (sulfide) groups is 1. The summed E-state index contributed by atoms with van der Waals surface area (Å²) in [6.07, 6.45) is 2.06. The molecule has 2 aromatic carbocycles. The van der Waals surface area contributed by atoms with E-state index >= 15 is 0 Å². The van der Waals surface area contributed by atoms with Crippen molar-refractivity contribution in [3.63, 3.8) is 0 Å². The lowest BCUT2D eigenvalue weighted by Gasteiger charge is -2.17. The molecule has 0 N–H and O–H groups in total. The molecule has 0 heterocycles. The molecular formula is C18H18N2OS. The minimum absolute atomic E-state index is 0.0157. The van der Waals surface area contributed by atoms with Crippen molar-refractivity contribution in [1.82, 2.24) is 4.90 Å². The Balaban J connectivity index is 2.06. The highest BCUT2D eigenvalue weighted by molar-refractivity contribution is 7.97. The first-order valence-corrected chi connectivity index (χ1v) is 8.36. The van der Waals surface area contributed by atoms with Gasteiger partial charge in [0, 0.05) is 24.9 Å². The summed E-state index contributed by atoms with van der Waals surface area (Å²) in [5.41, 5.74) is 3.46. The van der Waals surface area contributed by atoms with Crippen LogP contribution in [0.2, 0.25) is 0 Å². The lowest BCUT2D eigenvalue weighted by Crippen LogP contribution is -2.26. The van der Waals surface area contributed by atoms with Crippen molar-refractivity contribution in [2.24, 2.45) is 0 Å². The Morgan fingerprint density at radius 3 is 2.55 bits per heavy atom. The number of hydrogen-bond donors (Lipinski definition) is 0. The van der Waals surface area contributed by atoms with E-state index < -0.39 is 0 Å². The van der Waals surface area contributed by atoms with E-state index in [0.29, 0.717) is 17.7 Å². The van der Waals surface area contributed by atoms with Crippen LogP contribution in [0.3, 0.4) is 0 Å². The number of carbonyl (C=O) groups excluding carboxylic acids is 1. The van der Waals surface area contributed by atoms with Gasteiger partial charge < -0.3 is 4.90 Å². The average molecular weight is 310 g/mol. The number of rotatable bonds is 5. The van der Waals surface area contributed by atoms with Gasteiger partial charge in [-0.05, 0) is 41.6 Å². The zero-order valence-corrected chi connectivity index (χ0v) is 13.6. The van der Waals surface area contributed by atoms with Gasteiger partial charge in [-0.25, -0.2) is 0 Å². The van der Waals surface area contributed by atoms with E-state index in [2.05, 4.69) is 12.3 Å². The molecule has 112 valence electrons. The summed E-state index contributed by atoms with van der Waals surface area (Å²) in [6, 6.07) is 17.2. The summed E-state index contributed by atoms with van der Waals surface area (Å²) in [5, 5.41) is 8.92. The molecule has 4 heteroatoms. The van der Waals surface area contributed by atoms with Crippen LogP contribution < -0.4 is 0 Å². The van der Waals surface area contributed by atoms with E-state index in [1.807, 2.05) is 42.5 Å². The number of hydrogen-bond acceptors (Lipinski definition) is 3. The predicted molar refractivity (Wildman–Crippen MR) is 90.6 cm³/mol. The van der Waals surface area contributed by atoms with Crippen LogP contribution in [-0.2, 0) is 12.3 Å². The van der Waals surface area contributed by atoms with Crippen LogP contribution in [0.15, 0.2) is 48.5 Å². The normalized spacial score (nSPS) is 10.0. The van der Waals surface area contributed by atoms with Crippen LogP contribution in [0.25, 0.3) is 0 Å². The van der Waals surface area contributed by atoms with E-state index in [1.165, 1.54) is 5.56 Å². The second-order valence-electron chi connectivity index (χ2n) is 5.10. The predicted octanol–water partition coefficient (Wildman–Crippen LogP) is 3.69. The van der Waals surface area contributed by atoms with Crippen LogP contribution in [0, 0.1) is 11.3 Å². The Kier molecular flexibility index (Phi) is 5.62. The lowest BCUT2D eigenvalue weighted by atomic mass is 10.1. The molecular weight excluding hydrogens is 292 g/mol. The minimum atomic E-state index is -0.0157. The monoisotopic (exact) mass is 310 g/mol. The molecule has 22 heavy (non-hydrogen) atoms. The summed E-state index contributed by atoms with van der Waals surface area (Å²) in [7, 11) is 1.77. The summed E-state index contributed by atoms with van der Waals surface area (Å²) < 4.78 is 0. The van der Waals surface area contributed by atoms with Crippen molar-refractivity contribution in [3.05, 3.63) is 70.8 Å². The first kappa shape index (κ1) is 16.1. The van der Waals surface area contributed by atoms with Crippen molar-refractivity contribution >= 4 is 17.7 Å². The lowest BCUT2D eigenvalue weighted by molar-refractivity contribution is 0.0785. The SMILES string of the molecule is CSCc1ccc(C(=O)N(C)Cc2cccc(C#N)c2)cc1. The Bertz CT molecular complexity index is 689. The molecule has 0 aliphatic carbocycles. The number of benzene rings is 2. The molecule has 2 rings (SSSR count). The average Bonchev–Trinajstić information content (AvgIpc) is 2.55. The molecule has 0 spiro atoms. The topological polar surface area (TPSA) is 44.1 Å². The summed E-state index contributed by atoms with van der Waals surface area (Å²) in [6.45, 7) is 0.487. The summed E-state index contributed by atoms with van der Waals surface area (Å²) in [4.78, 5) is 14.1. The van der Waals surface area contributed by atoms with Crippen LogP contribution >= 0.6 is 11.8 Å². The highest BCUT2D eigenvalue weighted by atomic mass is 32.2. The summed E-state index contributed by atoms with van der Waals surface area (Å²) >= 11 is 1.76. The smallest absolute Gasteiger partial charge is 0.253 e. The molecule has 0 atom stereocenters. The maximum Gasteiger partial charge on any atom is 0.253 e. The zero-order valence-electron chi connectivity index (χ0n) is 12.7. The maximum atomic E-state index is 12.4. The third kappa shape index (κ3) is 4.12. The zero-order chi connectivity index (χ0) is 15.9. The molecule has 0 saturated heterocycles. The molecule has 0 bridgehead atoms. The van der Waals surface area contributed by atoms with Gasteiger partial charge in [-0.2, -0.15) is 17.0 Å². The van der Waals surface area contributed by atoms with E-state index in [1.54, 1.807) is 29.8 Å². The minimum Gasteiger partial charge on any atom is -0.337 e. The van der Waals surface area contributed by atoms with Crippen molar-refractivity contribution < 1.29 is 4.79 Å². The second kappa shape index (κ2) is 7.67. The van der Waals surface area contributed by atoms with Crippen LogP contribution in [-0.4, -0.2) is 24.1 Å². The van der Waals surface area contributed by atoms with Gasteiger partial charge >= 0.3 is 0 Å². The van der Waals surface area contributed by atoms with Crippen LogP contribution in [0.5, 0.6) is 0 Å². The third-order valence-corrected chi connectivity index (χ3v) is 3.96. The molecule has 0 fully saturated rings. The molecule has 0 unspecified atom stereocenters. The molecule has 0 aliphatic heterocycles. The fourth-order valence-corrected chi connectivity index (χ4v) is 2.74. The number of carbonyl (C=O) groups is 1. The van der Waals surface area contributed by atoms with E-state index in [-0.39, 0.29) is 5.91 Å². The van der Waals surface area contributed by atoms with E-state index in [9.17, 15) is 4.79 Å². The molecule has 0 saturated carbocycles. The van der Waals surface area contributed by atoms with Gasteiger partial charge in [0.2, 0.25) is 0 Å². The largest absolute Gasteiger partial charge is 0.337 e. The Labute approximate surface area is 135 Å². The highest BCUT2D eigenvalue weighted by Crippen LogP contribution is 2.13. The van der Waals surface area contributed by atoms with Gasteiger partial charge in [-0.1, -0.05) is 24.3 Å². The van der Waals surface area contributed by atoms with Crippen molar-refractivity contribution in [2.45, 2.75) is 12.3 Å². The van der Waals surface area contributed by atoms with Gasteiger partial charge in [-0.3, -0.25) is 4.79 Å². The number of amides is 1. The van der Waals surface area contributed by atoms with Gasteiger partial charge in [0.15, 0.2) is 0 Å². The van der Waals surface area contributed by atoms with Crippen molar-refractivity contribution in [2.75, 3.05) is 13.3 Å². The molecule has 0 radical (unpaired) electrons. The maximum absolute atomic E-state index is 12.4. The number of nitrogens with zero attached hydrogens (tertiary/aromatic N) is 2. The quantitative estimate of drug-likeness (QED) is 0.846. The highest BCUT2D eigenvalue weighted by Gasteiger charge is 2.12. The van der Waals surface area contributed by atoms with Gasteiger partial charge in [0.1, 0.15) is 0 Å². The van der Waals surface area contributed by atoms with Crippen molar-refractivity contribution in [3.8, 4) is 6.07 Å². The molecule has 1 amide bonds. The van der Waals surface area contributed by atoms with Gasteiger partial charge in [0.25, 0.3) is 5.91 Å². The molecule has 0 aromatic heterocycles. The molecule has 3 nitrogen and oxygen atoms in total. The fourth-order valence-electron chi connectivity index (χ4n) is 2.22. The fraction of sp³-hybridized carbons (Fsp3) is 0.222. The summed E-state index contributed by atoms with van der Waals surface area (Å²) in [5.74, 6) is 0.934. The Morgan fingerprint density at radius 2 is 1.91 bits per heavy atom. The molecule has 0 aliphatic rings. The Morgan fingerprint density at radius 1 is 1.18 bits per heavy atom. The Hall–Kier alpha value is -2.25. The standard InChI is InChI=1S/C18H18N2OS/c1-20(12-16-5-3-4-15(10-16)11-19)18(21)17-8-6-14(7-9-17)13-22-2/h3-10H,12-13H2,1-2H3. The first-order valence-electron chi connectivity index (χ1n) is 6.96.